The second-order valence-electron chi connectivity index (χ2n) is 7.04. The zero-order chi connectivity index (χ0) is 17.6. The highest BCUT2D eigenvalue weighted by Crippen LogP contribution is 2.48. The normalized spacial score (nSPS) is 19.0. The van der Waals surface area contributed by atoms with E-state index in [1.807, 2.05) is 18.2 Å². The van der Waals surface area contributed by atoms with E-state index in [1.54, 1.807) is 19.0 Å². The zero-order valence-corrected chi connectivity index (χ0v) is 14.5. The van der Waals surface area contributed by atoms with Crippen molar-refractivity contribution < 1.29 is 14.3 Å². The molecule has 1 aromatic carbocycles. The number of rotatable bonds is 5. The average Bonchev–Trinajstić information content (AvgIpc) is 3.34. The van der Waals surface area contributed by atoms with Crippen molar-refractivity contribution in [2.24, 2.45) is 4.99 Å². The van der Waals surface area contributed by atoms with Gasteiger partial charge in [0.05, 0.1) is 12.3 Å². The van der Waals surface area contributed by atoms with Crippen molar-refractivity contribution in [1.29, 1.82) is 0 Å². The molecule has 7 nitrogen and oxygen atoms in total. The molecule has 0 bridgehead atoms. The Morgan fingerprint density at radius 2 is 2.20 bits per heavy atom. The van der Waals surface area contributed by atoms with Crippen molar-refractivity contribution in [3.05, 3.63) is 23.8 Å². The fourth-order valence-electron chi connectivity index (χ4n) is 3.35. The Bertz CT molecular complexity index is 768. The summed E-state index contributed by atoms with van der Waals surface area (Å²) in [5.41, 5.74) is 1.58. The van der Waals surface area contributed by atoms with Gasteiger partial charge in [-0.05, 0) is 37.5 Å². The van der Waals surface area contributed by atoms with Crippen molar-refractivity contribution in [1.82, 2.24) is 15.1 Å². The van der Waals surface area contributed by atoms with Gasteiger partial charge in [-0.1, -0.05) is 0 Å². The molecule has 25 heavy (non-hydrogen) atoms. The van der Waals surface area contributed by atoms with Crippen molar-refractivity contribution >= 4 is 23.5 Å². The highest BCUT2D eigenvalue weighted by Gasteiger charge is 2.61. The van der Waals surface area contributed by atoms with Crippen molar-refractivity contribution in [3.8, 4) is 5.75 Å². The first kappa shape index (κ1) is 15.9. The summed E-state index contributed by atoms with van der Waals surface area (Å²) in [7, 11) is 3.51. The van der Waals surface area contributed by atoms with Gasteiger partial charge in [0.25, 0.3) is 5.91 Å². The van der Waals surface area contributed by atoms with Gasteiger partial charge in [0.1, 0.15) is 11.3 Å². The number of aliphatic imine (C=N–C) groups is 1. The van der Waals surface area contributed by atoms with Gasteiger partial charge in [-0.2, -0.15) is 0 Å². The van der Waals surface area contributed by atoms with E-state index in [2.05, 4.69) is 15.2 Å². The SMILES string of the molecule is CN(C)C(=O)CCCOc1ccc2c(c1)CN1C(=N2)NC(=O)C12CC2. The van der Waals surface area contributed by atoms with Crippen LogP contribution in [-0.4, -0.2) is 53.8 Å². The number of ether oxygens (including phenoxy) is 1. The number of hydrogen-bond acceptors (Lipinski definition) is 5. The quantitative estimate of drug-likeness (QED) is 0.821. The summed E-state index contributed by atoms with van der Waals surface area (Å²) < 4.78 is 5.78. The lowest BCUT2D eigenvalue weighted by Gasteiger charge is -2.28. The summed E-state index contributed by atoms with van der Waals surface area (Å²) in [4.78, 5) is 31.9. The molecule has 0 atom stereocenters. The standard InChI is InChI=1S/C18H22N4O3/c1-21(2)15(23)4-3-9-25-13-5-6-14-12(10-13)11-22-17(19-14)20-16(24)18(22)7-8-18/h5-6,10H,3-4,7-9,11H2,1-2H3,(H,19,20,24). The summed E-state index contributed by atoms with van der Waals surface area (Å²) in [6.45, 7) is 1.17. The monoisotopic (exact) mass is 342 g/mol. The maximum absolute atomic E-state index is 12.1. The lowest BCUT2D eigenvalue weighted by molar-refractivity contribution is -0.129. The zero-order valence-electron chi connectivity index (χ0n) is 14.5. The summed E-state index contributed by atoms with van der Waals surface area (Å²) in [5, 5.41) is 2.90. The molecule has 0 radical (unpaired) electrons. The molecule has 0 unspecified atom stereocenters. The first-order chi connectivity index (χ1) is 12.0. The third kappa shape index (κ3) is 2.73. The van der Waals surface area contributed by atoms with Gasteiger partial charge in [-0.3, -0.25) is 14.9 Å². The van der Waals surface area contributed by atoms with Crippen LogP contribution in [0.1, 0.15) is 31.2 Å². The van der Waals surface area contributed by atoms with Crippen molar-refractivity contribution in [3.63, 3.8) is 0 Å². The van der Waals surface area contributed by atoms with Gasteiger partial charge in [-0.15, -0.1) is 0 Å². The fourth-order valence-corrected chi connectivity index (χ4v) is 3.35. The lowest BCUT2D eigenvalue weighted by Crippen LogP contribution is -2.38. The first-order valence-corrected chi connectivity index (χ1v) is 8.63. The van der Waals surface area contributed by atoms with Crippen LogP contribution in [0.5, 0.6) is 5.75 Å². The highest BCUT2D eigenvalue weighted by atomic mass is 16.5. The minimum Gasteiger partial charge on any atom is -0.494 e. The molecule has 2 heterocycles. The van der Waals surface area contributed by atoms with Crippen LogP contribution >= 0.6 is 0 Å². The number of carbonyl (C=O) groups is 2. The van der Waals surface area contributed by atoms with Gasteiger partial charge in [0.15, 0.2) is 0 Å². The van der Waals surface area contributed by atoms with E-state index in [9.17, 15) is 9.59 Å². The third-order valence-electron chi connectivity index (χ3n) is 5.05. The Morgan fingerprint density at radius 1 is 1.40 bits per heavy atom. The minimum atomic E-state index is -0.361. The number of nitrogens with zero attached hydrogens (tertiary/aromatic N) is 3. The molecule has 0 aromatic heterocycles. The summed E-state index contributed by atoms with van der Waals surface area (Å²) >= 11 is 0. The Morgan fingerprint density at radius 3 is 2.92 bits per heavy atom. The van der Waals surface area contributed by atoms with E-state index >= 15 is 0 Å². The predicted molar refractivity (Wildman–Crippen MR) is 92.6 cm³/mol. The Hall–Kier alpha value is -2.57. The molecule has 7 heteroatoms. The maximum atomic E-state index is 12.1. The van der Waals surface area contributed by atoms with Crippen LogP contribution in [0.4, 0.5) is 5.69 Å². The molecule has 1 aliphatic carbocycles. The van der Waals surface area contributed by atoms with E-state index in [0.717, 1.165) is 29.8 Å². The number of carbonyl (C=O) groups excluding carboxylic acids is 2. The number of fused-ring (bicyclic) bond motifs is 3. The average molecular weight is 342 g/mol. The van der Waals surface area contributed by atoms with Crippen LogP contribution < -0.4 is 10.1 Å². The van der Waals surface area contributed by atoms with E-state index in [0.29, 0.717) is 32.0 Å². The second kappa shape index (κ2) is 5.75. The molecule has 132 valence electrons. The first-order valence-electron chi connectivity index (χ1n) is 8.63. The van der Waals surface area contributed by atoms with Crippen LogP contribution in [0.15, 0.2) is 23.2 Å². The summed E-state index contributed by atoms with van der Waals surface area (Å²) in [6.07, 6.45) is 2.95. The Kier molecular flexibility index (Phi) is 3.67. The number of amides is 2. The molecular formula is C18H22N4O3. The molecule has 1 saturated heterocycles. The summed E-state index contributed by atoms with van der Waals surface area (Å²) in [6, 6.07) is 5.79. The smallest absolute Gasteiger partial charge is 0.252 e. The molecule has 1 aromatic rings. The van der Waals surface area contributed by atoms with Gasteiger partial charge in [0.2, 0.25) is 11.9 Å². The van der Waals surface area contributed by atoms with Crippen molar-refractivity contribution in [2.75, 3.05) is 20.7 Å². The topological polar surface area (TPSA) is 74.2 Å². The summed E-state index contributed by atoms with van der Waals surface area (Å²) in [5.74, 6) is 1.63. The maximum Gasteiger partial charge on any atom is 0.252 e. The fraction of sp³-hybridized carbons (Fsp3) is 0.500. The number of guanidine groups is 1. The molecule has 1 spiro atoms. The van der Waals surface area contributed by atoms with Crippen LogP contribution in [0.25, 0.3) is 0 Å². The lowest BCUT2D eigenvalue weighted by atomic mass is 10.1. The number of hydrogen-bond donors (Lipinski definition) is 1. The van der Waals surface area contributed by atoms with Gasteiger partial charge < -0.3 is 14.5 Å². The Labute approximate surface area is 146 Å². The molecule has 1 saturated carbocycles. The highest BCUT2D eigenvalue weighted by molar-refractivity contribution is 6.11. The van der Waals surface area contributed by atoms with E-state index in [-0.39, 0.29) is 17.4 Å². The van der Waals surface area contributed by atoms with E-state index in [1.165, 1.54) is 0 Å². The van der Waals surface area contributed by atoms with Crippen LogP contribution in [0.3, 0.4) is 0 Å². The molecule has 1 N–H and O–H groups in total. The number of benzene rings is 1. The van der Waals surface area contributed by atoms with Gasteiger partial charge in [-0.25, -0.2) is 4.99 Å². The largest absolute Gasteiger partial charge is 0.494 e. The van der Waals surface area contributed by atoms with Gasteiger partial charge in [0, 0.05) is 32.6 Å². The van der Waals surface area contributed by atoms with Gasteiger partial charge >= 0.3 is 0 Å². The third-order valence-corrected chi connectivity index (χ3v) is 5.05. The molecule has 2 amide bonds. The van der Waals surface area contributed by atoms with Crippen molar-refractivity contribution in [2.45, 2.75) is 37.8 Å². The number of nitrogens with one attached hydrogen (secondary N) is 1. The molecule has 2 aliphatic heterocycles. The predicted octanol–water partition coefficient (Wildman–Crippen LogP) is 1.40. The molecule has 3 aliphatic rings. The van der Waals surface area contributed by atoms with E-state index in [4.69, 9.17) is 4.74 Å². The van der Waals surface area contributed by atoms with E-state index < -0.39 is 0 Å². The van der Waals surface area contributed by atoms with Crippen LogP contribution in [0, 0.1) is 0 Å². The second-order valence-corrected chi connectivity index (χ2v) is 7.04. The Balaban J connectivity index is 1.40. The molecule has 4 rings (SSSR count). The molecular weight excluding hydrogens is 320 g/mol. The molecule has 2 fully saturated rings. The minimum absolute atomic E-state index is 0.0705. The van der Waals surface area contributed by atoms with Crippen LogP contribution in [0.2, 0.25) is 0 Å². The van der Waals surface area contributed by atoms with Crippen LogP contribution in [-0.2, 0) is 16.1 Å².